The van der Waals surface area contributed by atoms with Gasteiger partial charge in [-0.05, 0) is 55.3 Å². The number of nitrogens with zero attached hydrogens (tertiary/aromatic N) is 1. The maximum absolute atomic E-state index is 13.1. The zero-order valence-corrected chi connectivity index (χ0v) is 16.1. The predicted molar refractivity (Wildman–Crippen MR) is 115 cm³/mol. The normalized spacial score (nSPS) is 13.2. The van der Waals surface area contributed by atoms with Gasteiger partial charge >= 0.3 is 0 Å². The molecule has 1 saturated carbocycles. The van der Waals surface area contributed by atoms with Crippen LogP contribution < -0.4 is 10.6 Å². The van der Waals surface area contributed by atoms with Gasteiger partial charge in [0.1, 0.15) is 5.69 Å². The Morgan fingerprint density at radius 2 is 1.70 bits per heavy atom. The summed E-state index contributed by atoms with van der Waals surface area (Å²) in [6, 6.07) is 20.0. The van der Waals surface area contributed by atoms with Gasteiger partial charge in [0.25, 0.3) is 5.91 Å². The van der Waals surface area contributed by atoms with E-state index in [1.165, 1.54) is 0 Å². The van der Waals surface area contributed by atoms with Gasteiger partial charge < -0.3 is 15.1 Å². The fraction of sp³-hybridized carbons (Fsp3) is 0.125. The molecule has 2 aromatic heterocycles. The highest BCUT2D eigenvalue weighted by Gasteiger charge is 2.29. The van der Waals surface area contributed by atoms with E-state index in [0.717, 1.165) is 18.2 Å². The molecule has 6 heteroatoms. The van der Waals surface area contributed by atoms with Gasteiger partial charge in [0.2, 0.25) is 5.91 Å². The number of pyridine rings is 1. The van der Waals surface area contributed by atoms with Crippen molar-refractivity contribution in [3.63, 3.8) is 0 Å². The largest absolute Gasteiger partial charge is 0.463 e. The van der Waals surface area contributed by atoms with E-state index in [1.54, 1.807) is 36.6 Å². The molecule has 5 rings (SSSR count). The highest BCUT2D eigenvalue weighted by atomic mass is 16.3. The molecule has 1 fully saturated rings. The minimum Gasteiger partial charge on any atom is -0.463 e. The number of hydrogen-bond donors (Lipinski definition) is 2. The minimum absolute atomic E-state index is 0.0293. The average Bonchev–Trinajstić information content (AvgIpc) is 3.47. The highest BCUT2D eigenvalue weighted by Crippen LogP contribution is 2.31. The standard InChI is InChI=1S/C24H19N3O3/c28-23(15-10-11-15)25-16-5-3-6-17(13-16)26-24(29)19-14-21(22-9-4-12-30-22)27-20-8-2-1-7-18(19)20/h1-9,12-15H,10-11H2,(H,25,28)(H,26,29). The number of anilines is 2. The Hall–Kier alpha value is -3.93. The van der Waals surface area contributed by atoms with Gasteiger partial charge in [-0.25, -0.2) is 4.98 Å². The van der Waals surface area contributed by atoms with Crippen LogP contribution in [0.15, 0.2) is 77.4 Å². The molecule has 0 bridgehead atoms. The van der Waals surface area contributed by atoms with Crippen LogP contribution in [0.2, 0.25) is 0 Å². The molecular weight excluding hydrogens is 378 g/mol. The molecule has 1 aliphatic carbocycles. The van der Waals surface area contributed by atoms with Gasteiger partial charge in [-0.3, -0.25) is 9.59 Å². The number of rotatable bonds is 5. The molecule has 0 atom stereocenters. The van der Waals surface area contributed by atoms with Gasteiger partial charge in [0.15, 0.2) is 5.76 Å². The molecule has 4 aromatic rings. The predicted octanol–water partition coefficient (Wildman–Crippen LogP) is 5.10. The lowest BCUT2D eigenvalue weighted by Gasteiger charge is -2.11. The second-order valence-electron chi connectivity index (χ2n) is 7.35. The average molecular weight is 397 g/mol. The highest BCUT2D eigenvalue weighted by molar-refractivity contribution is 6.13. The summed E-state index contributed by atoms with van der Waals surface area (Å²) in [6.07, 6.45) is 3.46. The summed E-state index contributed by atoms with van der Waals surface area (Å²) in [7, 11) is 0. The van der Waals surface area contributed by atoms with Crippen molar-refractivity contribution in [1.29, 1.82) is 0 Å². The van der Waals surface area contributed by atoms with Crippen LogP contribution in [0.25, 0.3) is 22.4 Å². The van der Waals surface area contributed by atoms with Crippen LogP contribution in [0.1, 0.15) is 23.2 Å². The van der Waals surface area contributed by atoms with Gasteiger partial charge in [0.05, 0.1) is 17.3 Å². The molecule has 0 radical (unpaired) electrons. The van der Waals surface area contributed by atoms with E-state index in [0.29, 0.717) is 33.9 Å². The van der Waals surface area contributed by atoms with Crippen molar-refractivity contribution in [3.05, 3.63) is 78.6 Å². The Kier molecular flexibility index (Phi) is 4.52. The van der Waals surface area contributed by atoms with Crippen LogP contribution in [-0.4, -0.2) is 16.8 Å². The first kappa shape index (κ1) is 18.1. The van der Waals surface area contributed by atoms with E-state index in [4.69, 9.17) is 4.42 Å². The molecule has 0 unspecified atom stereocenters. The molecule has 6 nitrogen and oxygen atoms in total. The van der Waals surface area contributed by atoms with E-state index < -0.39 is 0 Å². The Bertz CT molecular complexity index is 1240. The van der Waals surface area contributed by atoms with Crippen LogP contribution in [0.5, 0.6) is 0 Å². The number of carbonyl (C=O) groups is 2. The second-order valence-corrected chi connectivity index (χ2v) is 7.35. The number of carbonyl (C=O) groups excluding carboxylic acids is 2. The van der Waals surface area contributed by atoms with Crippen LogP contribution >= 0.6 is 0 Å². The first-order valence-corrected chi connectivity index (χ1v) is 9.83. The molecule has 2 N–H and O–H groups in total. The lowest BCUT2D eigenvalue weighted by atomic mass is 10.1. The fourth-order valence-corrected chi connectivity index (χ4v) is 3.38. The number of para-hydroxylation sites is 1. The first-order chi connectivity index (χ1) is 14.7. The van der Waals surface area contributed by atoms with Crippen molar-refractivity contribution >= 4 is 34.1 Å². The van der Waals surface area contributed by atoms with Crippen molar-refractivity contribution in [1.82, 2.24) is 4.98 Å². The molecular formula is C24H19N3O3. The summed E-state index contributed by atoms with van der Waals surface area (Å²) in [6.45, 7) is 0. The molecule has 2 aromatic carbocycles. The zero-order chi connectivity index (χ0) is 20.5. The molecule has 0 spiro atoms. The van der Waals surface area contributed by atoms with Crippen molar-refractivity contribution in [2.24, 2.45) is 5.92 Å². The fourth-order valence-electron chi connectivity index (χ4n) is 3.38. The van der Waals surface area contributed by atoms with Crippen molar-refractivity contribution in [2.75, 3.05) is 10.6 Å². The molecule has 0 aliphatic heterocycles. The third kappa shape index (κ3) is 3.67. The van der Waals surface area contributed by atoms with Crippen LogP contribution in [0.3, 0.4) is 0 Å². The smallest absolute Gasteiger partial charge is 0.256 e. The number of amides is 2. The number of fused-ring (bicyclic) bond motifs is 1. The Balaban J connectivity index is 1.45. The van der Waals surface area contributed by atoms with E-state index >= 15 is 0 Å². The quantitative estimate of drug-likeness (QED) is 0.491. The summed E-state index contributed by atoms with van der Waals surface area (Å²) in [5.41, 5.74) is 3.07. The maximum atomic E-state index is 13.1. The lowest BCUT2D eigenvalue weighted by Crippen LogP contribution is -2.15. The monoisotopic (exact) mass is 397 g/mol. The van der Waals surface area contributed by atoms with E-state index in [-0.39, 0.29) is 17.7 Å². The lowest BCUT2D eigenvalue weighted by molar-refractivity contribution is -0.117. The van der Waals surface area contributed by atoms with Crippen LogP contribution in [-0.2, 0) is 4.79 Å². The third-order valence-electron chi connectivity index (χ3n) is 5.07. The third-order valence-corrected chi connectivity index (χ3v) is 5.07. The molecule has 0 saturated heterocycles. The Morgan fingerprint density at radius 3 is 2.47 bits per heavy atom. The maximum Gasteiger partial charge on any atom is 0.256 e. The number of furan rings is 1. The van der Waals surface area contributed by atoms with Gasteiger partial charge in [0, 0.05) is 22.7 Å². The molecule has 30 heavy (non-hydrogen) atoms. The van der Waals surface area contributed by atoms with E-state index in [9.17, 15) is 9.59 Å². The van der Waals surface area contributed by atoms with E-state index in [1.807, 2.05) is 36.4 Å². The second kappa shape index (κ2) is 7.48. The van der Waals surface area contributed by atoms with Crippen molar-refractivity contribution in [3.8, 4) is 11.5 Å². The number of benzene rings is 2. The topological polar surface area (TPSA) is 84.2 Å². The van der Waals surface area contributed by atoms with Crippen molar-refractivity contribution in [2.45, 2.75) is 12.8 Å². The minimum atomic E-state index is -0.257. The summed E-state index contributed by atoms with van der Waals surface area (Å²) < 4.78 is 5.46. The number of hydrogen-bond acceptors (Lipinski definition) is 4. The molecule has 2 amide bonds. The first-order valence-electron chi connectivity index (χ1n) is 9.83. The van der Waals surface area contributed by atoms with E-state index in [2.05, 4.69) is 15.6 Å². The molecule has 2 heterocycles. The summed E-state index contributed by atoms with van der Waals surface area (Å²) >= 11 is 0. The van der Waals surface area contributed by atoms with Gasteiger partial charge in [-0.2, -0.15) is 0 Å². The summed E-state index contributed by atoms with van der Waals surface area (Å²) in [5.74, 6) is 0.486. The Morgan fingerprint density at radius 1 is 0.900 bits per heavy atom. The zero-order valence-electron chi connectivity index (χ0n) is 16.1. The van der Waals surface area contributed by atoms with Gasteiger partial charge in [-0.1, -0.05) is 24.3 Å². The summed E-state index contributed by atoms with van der Waals surface area (Å²) in [5, 5.41) is 6.59. The van der Waals surface area contributed by atoms with Crippen LogP contribution in [0.4, 0.5) is 11.4 Å². The molecule has 148 valence electrons. The molecule has 1 aliphatic rings. The summed E-state index contributed by atoms with van der Waals surface area (Å²) in [4.78, 5) is 29.8. The Labute approximate surface area is 172 Å². The number of aromatic nitrogens is 1. The SMILES string of the molecule is O=C(Nc1cccc(NC(=O)C2CC2)c1)c1cc(-c2ccco2)nc2ccccc12. The number of nitrogens with one attached hydrogen (secondary N) is 2. The van der Waals surface area contributed by atoms with Crippen LogP contribution in [0, 0.1) is 5.92 Å². The van der Waals surface area contributed by atoms with Crippen molar-refractivity contribution < 1.29 is 14.0 Å². The van der Waals surface area contributed by atoms with Gasteiger partial charge in [-0.15, -0.1) is 0 Å².